The van der Waals surface area contributed by atoms with Crippen molar-refractivity contribution < 1.29 is 9.23 Å². The molecular formula is C17H19BrFNO. The Morgan fingerprint density at radius 1 is 1.43 bits per heavy atom. The van der Waals surface area contributed by atoms with Gasteiger partial charge in [-0.25, -0.2) is 4.39 Å². The van der Waals surface area contributed by atoms with E-state index in [2.05, 4.69) is 47.9 Å². The minimum absolute atomic E-state index is 0.263. The highest BCUT2D eigenvalue weighted by Crippen LogP contribution is 2.63. The van der Waals surface area contributed by atoms with Crippen LogP contribution in [0.1, 0.15) is 32.8 Å². The predicted octanol–water partition coefficient (Wildman–Crippen LogP) is 5.08. The summed E-state index contributed by atoms with van der Waals surface area (Å²) in [5, 5.41) is 4.31. The molecule has 21 heavy (non-hydrogen) atoms. The number of halogens is 2. The zero-order valence-corrected chi connectivity index (χ0v) is 14.1. The number of allylic oxidation sites excluding steroid dienone is 2. The molecule has 0 heterocycles. The SMILES string of the molecule is CC1=C/C(=N/OCc2cc(F)ccc2Br)C2C(C1)C2(C)C. The monoisotopic (exact) mass is 351 g/mol. The molecule has 0 saturated heterocycles. The molecule has 1 aromatic rings. The molecule has 0 spiro atoms. The molecule has 2 unspecified atom stereocenters. The molecule has 0 N–H and O–H groups in total. The number of fused-ring (bicyclic) bond motifs is 1. The van der Waals surface area contributed by atoms with Gasteiger partial charge in [-0.3, -0.25) is 0 Å². The van der Waals surface area contributed by atoms with Gasteiger partial charge >= 0.3 is 0 Å². The van der Waals surface area contributed by atoms with Crippen LogP contribution >= 0.6 is 15.9 Å². The lowest BCUT2D eigenvalue weighted by atomic mass is 10.00. The zero-order chi connectivity index (χ0) is 15.2. The molecule has 1 aromatic carbocycles. The summed E-state index contributed by atoms with van der Waals surface area (Å²) in [4.78, 5) is 5.48. The van der Waals surface area contributed by atoms with Crippen molar-refractivity contribution in [1.29, 1.82) is 0 Å². The van der Waals surface area contributed by atoms with Crippen molar-refractivity contribution in [3.8, 4) is 0 Å². The van der Waals surface area contributed by atoms with Crippen molar-refractivity contribution in [2.24, 2.45) is 22.4 Å². The minimum atomic E-state index is -0.263. The van der Waals surface area contributed by atoms with Gasteiger partial charge in [-0.05, 0) is 49.0 Å². The second-order valence-corrected chi connectivity index (χ2v) is 7.48. The van der Waals surface area contributed by atoms with Gasteiger partial charge in [-0.15, -0.1) is 0 Å². The third kappa shape index (κ3) is 2.78. The fraction of sp³-hybridized carbons (Fsp3) is 0.471. The number of rotatable bonds is 3. The van der Waals surface area contributed by atoms with Crippen LogP contribution in [-0.2, 0) is 11.4 Å². The highest BCUT2D eigenvalue weighted by atomic mass is 79.9. The molecule has 2 nitrogen and oxygen atoms in total. The van der Waals surface area contributed by atoms with Gasteiger partial charge in [0.1, 0.15) is 12.4 Å². The van der Waals surface area contributed by atoms with E-state index in [9.17, 15) is 4.39 Å². The average Bonchev–Trinajstić information content (AvgIpc) is 2.95. The summed E-state index contributed by atoms with van der Waals surface area (Å²) in [6.07, 6.45) is 3.29. The van der Waals surface area contributed by atoms with Crippen LogP contribution in [0, 0.1) is 23.1 Å². The van der Waals surface area contributed by atoms with Gasteiger partial charge in [-0.2, -0.15) is 0 Å². The van der Waals surface area contributed by atoms with Gasteiger partial charge < -0.3 is 4.84 Å². The zero-order valence-electron chi connectivity index (χ0n) is 12.5. The van der Waals surface area contributed by atoms with E-state index in [0.717, 1.165) is 22.2 Å². The highest BCUT2D eigenvalue weighted by Gasteiger charge is 2.60. The maximum Gasteiger partial charge on any atom is 0.143 e. The molecule has 1 fully saturated rings. The van der Waals surface area contributed by atoms with Crippen LogP contribution in [-0.4, -0.2) is 5.71 Å². The maximum absolute atomic E-state index is 13.2. The van der Waals surface area contributed by atoms with Crippen LogP contribution in [0.3, 0.4) is 0 Å². The molecule has 0 aliphatic heterocycles. The summed E-state index contributed by atoms with van der Waals surface area (Å²) >= 11 is 3.40. The minimum Gasteiger partial charge on any atom is -0.391 e. The normalized spacial score (nSPS) is 28.0. The number of hydrogen-bond acceptors (Lipinski definition) is 2. The Hall–Kier alpha value is -1.16. The standard InChI is InChI=1S/C17H19BrFNO/c1-10-6-13-16(17(13,2)3)15(7-10)20-21-9-11-8-12(19)4-5-14(11)18/h4-5,7-8,13,16H,6,9H2,1-3H3/b20-15-. The quantitative estimate of drug-likeness (QED) is 0.695. The van der Waals surface area contributed by atoms with Crippen LogP contribution in [0.25, 0.3) is 0 Å². The largest absolute Gasteiger partial charge is 0.391 e. The van der Waals surface area contributed by atoms with E-state index < -0.39 is 0 Å². The maximum atomic E-state index is 13.2. The molecule has 2 atom stereocenters. The van der Waals surface area contributed by atoms with Gasteiger partial charge in [0.05, 0.1) is 5.71 Å². The third-order valence-electron chi connectivity index (χ3n) is 4.70. The van der Waals surface area contributed by atoms with Crippen molar-refractivity contribution in [2.45, 2.75) is 33.8 Å². The smallest absolute Gasteiger partial charge is 0.143 e. The van der Waals surface area contributed by atoms with Gasteiger partial charge in [0.15, 0.2) is 0 Å². The predicted molar refractivity (Wildman–Crippen MR) is 85.5 cm³/mol. The summed E-state index contributed by atoms with van der Waals surface area (Å²) in [6, 6.07) is 4.58. The lowest BCUT2D eigenvalue weighted by Crippen LogP contribution is -2.08. The average molecular weight is 352 g/mol. The number of hydrogen-bond donors (Lipinski definition) is 0. The van der Waals surface area contributed by atoms with Gasteiger partial charge in [0, 0.05) is 16.0 Å². The van der Waals surface area contributed by atoms with Gasteiger partial charge in [0.2, 0.25) is 0 Å². The molecule has 4 heteroatoms. The van der Waals surface area contributed by atoms with Crippen LogP contribution in [0.2, 0.25) is 0 Å². The highest BCUT2D eigenvalue weighted by molar-refractivity contribution is 9.10. The first-order valence-corrected chi connectivity index (χ1v) is 8.00. The summed E-state index contributed by atoms with van der Waals surface area (Å²) in [7, 11) is 0. The van der Waals surface area contributed by atoms with Crippen LogP contribution < -0.4 is 0 Å². The van der Waals surface area contributed by atoms with E-state index in [1.54, 1.807) is 6.07 Å². The first-order chi connectivity index (χ1) is 9.89. The molecule has 2 aliphatic carbocycles. The Kier molecular flexibility index (Phi) is 3.68. The Bertz CT molecular complexity index is 636. The topological polar surface area (TPSA) is 21.6 Å². The Balaban J connectivity index is 1.71. The molecule has 0 aromatic heterocycles. The fourth-order valence-corrected chi connectivity index (χ4v) is 3.73. The first kappa shape index (κ1) is 14.8. The van der Waals surface area contributed by atoms with Crippen molar-refractivity contribution in [3.05, 3.63) is 45.7 Å². The number of oxime groups is 1. The van der Waals surface area contributed by atoms with Crippen LogP contribution in [0.15, 0.2) is 39.5 Å². The third-order valence-corrected chi connectivity index (χ3v) is 5.48. The fourth-order valence-electron chi connectivity index (χ4n) is 3.37. The summed E-state index contributed by atoms with van der Waals surface area (Å²) in [6.45, 7) is 6.98. The molecule has 2 aliphatic rings. The molecule has 3 rings (SSSR count). The Labute approximate surface area is 133 Å². The molecule has 112 valence electrons. The molecular weight excluding hydrogens is 333 g/mol. The second kappa shape index (κ2) is 5.24. The first-order valence-electron chi connectivity index (χ1n) is 7.20. The molecule has 0 bridgehead atoms. The van der Waals surface area contributed by atoms with E-state index >= 15 is 0 Å². The summed E-state index contributed by atoms with van der Waals surface area (Å²) in [5.41, 5.74) is 3.47. The van der Waals surface area contributed by atoms with E-state index in [0.29, 0.717) is 17.3 Å². The molecule has 1 saturated carbocycles. The number of benzene rings is 1. The Morgan fingerprint density at radius 3 is 2.95 bits per heavy atom. The van der Waals surface area contributed by atoms with Crippen LogP contribution in [0.4, 0.5) is 4.39 Å². The van der Waals surface area contributed by atoms with Gasteiger partial charge in [0.25, 0.3) is 0 Å². The van der Waals surface area contributed by atoms with Gasteiger partial charge in [-0.1, -0.05) is 40.5 Å². The molecule has 0 amide bonds. The summed E-state index contributed by atoms with van der Waals surface area (Å²) in [5.74, 6) is 0.921. The number of nitrogens with zero attached hydrogens (tertiary/aromatic N) is 1. The second-order valence-electron chi connectivity index (χ2n) is 6.63. The lowest BCUT2D eigenvalue weighted by molar-refractivity contribution is 0.129. The Morgan fingerprint density at radius 2 is 2.19 bits per heavy atom. The van der Waals surface area contributed by atoms with E-state index in [4.69, 9.17) is 4.84 Å². The van der Waals surface area contributed by atoms with Crippen molar-refractivity contribution in [1.82, 2.24) is 0 Å². The summed E-state index contributed by atoms with van der Waals surface area (Å²) < 4.78 is 14.1. The van der Waals surface area contributed by atoms with E-state index in [1.807, 2.05) is 0 Å². The van der Waals surface area contributed by atoms with Crippen molar-refractivity contribution in [3.63, 3.8) is 0 Å². The molecule has 0 radical (unpaired) electrons. The van der Waals surface area contributed by atoms with E-state index in [-0.39, 0.29) is 12.4 Å². The lowest BCUT2D eigenvalue weighted by Gasteiger charge is -2.10. The van der Waals surface area contributed by atoms with Crippen molar-refractivity contribution >= 4 is 21.6 Å². The van der Waals surface area contributed by atoms with E-state index in [1.165, 1.54) is 17.7 Å². The van der Waals surface area contributed by atoms with Crippen LogP contribution in [0.5, 0.6) is 0 Å². The van der Waals surface area contributed by atoms with Crippen molar-refractivity contribution in [2.75, 3.05) is 0 Å².